The number of carbonyl (C=O) groups excluding carboxylic acids is 2. The second-order valence-corrected chi connectivity index (χ2v) is 7.03. The summed E-state index contributed by atoms with van der Waals surface area (Å²) in [7, 11) is 0. The van der Waals surface area contributed by atoms with Gasteiger partial charge in [0.1, 0.15) is 0 Å². The molecule has 2 aromatic carbocycles. The Hall–Kier alpha value is -1.88. The summed E-state index contributed by atoms with van der Waals surface area (Å²) in [4.78, 5) is 24.1. The molecule has 0 aliphatic carbocycles. The van der Waals surface area contributed by atoms with Gasteiger partial charge in [-0.2, -0.15) is 0 Å². The van der Waals surface area contributed by atoms with E-state index in [-0.39, 0.29) is 24.3 Å². The Balaban J connectivity index is 1.90. The Kier molecular flexibility index (Phi) is 7.64. The molecule has 2 atom stereocenters. The lowest BCUT2D eigenvalue weighted by molar-refractivity contribution is -0.126. The van der Waals surface area contributed by atoms with Gasteiger partial charge in [-0.3, -0.25) is 9.59 Å². The van der Waals surface area contributed by atoms with Crippen LogP contribution in [0.4, 0.5) is 0 Å². The number of hydrogen-bond donors (Lipinski definition) is 2. The van der Waals surface area contributed by atoms with Crippen LogP contribution in [0, 0.1) is 0 Å². The van der Waals surface area contributed by atoms with Crippen molar-refractivity contribution in [2.45, 2.75) is 32.4 Å². The summed E-state index contributed by atoms with van der Waals surface area (Å²) in [6.45, 7) is 3.48. The van der Waals surface area contributed by atoms with Crippen molar-refractivity contribution in [3.63, 3.8) is 0 Å². The predicted octanol–water partition coefficient (Wildman–Crippen LogP) is 3.96. The zero-order valence-electron chi connectivity index (χ0n) is 14.8. The molecule has 0 aliphatic heterocycles. The Labute approximate surface area is 163 Å². The van der Waals surface area contributed by atoms with Crippen LogP contribution < -0.4 is 10.6 Å². The fraction of sp³-hybridized carbons (Fsp3) is 0.300. The third-order valence-electron chi connectivity index (χ3n) is 4.11. The van der Waals surface area contributed by atoms with E-state index in [4.69, 9.17) is 23.2 Å². The summed E-state index contributed by atoms with van der Waals surface area (Å²) in [5.74, 6) is -0.311. The quantitative estimate of drug-likeness (QED) is 0.714. The van der Waals surface area contributed by atoms with E-state index in [0.29, 0.717) is 16.5 Å². The van der Waals surface area contributed by atoms with Crippen molar-refractivity contribution >= 4 is 34.9 Å². The van der Waals surface area contributed by atoms with Crippen molar-refractivity contribution in [1.82, 2.24) is 10.6 Å². The van der Waals surface area contributed by atoms with E-state index in [9.17, 15) is 9.59 Å². The van der Waals surface area contributed by atoms with Gasteiger partial charge in [0.2, 0.25) is 5.91 Å². The van der Waals surface area contributed by atoms with Gasteiger partial charge >= 0.3 is 0 Å². The van der Waals surface area contributed by atoms with E-state index < -0.39 is 6.04 Å². The summed E-state index contributed by atoms with van der Waals surface area (Å²) in [5, 5.41) is 7.02. The predicted molar refractivity (Wildman–Crippen MR) is 106 cm³/mol. The molecule has 2 N–H and O–H groups in total. The van der Waals surface area contributed by atoms with Crippen molar-refractivity contribution in [2.75, 3.05) is 6.54 Å². The largest absolute Gasteiger partial charge is 0.345 e. The second kappa shape index (κ2) is 9.72. The number of rotatable bonds is 8. The maximum atomic E-state index is 12.2. The first kappa shape index (κ1) is 20.4. The first-order valence-electron chi connectivity index (χ1n) is 8.39. The molecule has 26 heavy (non-hydrogen) atoms. The molecule has 0 fully saturated rings. The first-order valence-corrected chi connectivity index (χ1v) is 9.14. The molecular formula is C20H22Cl2N2O2. The van der Waals surface area contributed by atoms with Crippen molar-refractivity contribution < 1.29 is 9.59 Å². The van der Waals surface area contributed by atoms with Crippen LogP contribution in [0.3, 0.4) is 0 Å². The van der Waals surface area contributed by atoms with Gasteiger partial charge in [0.05, 0.1) is 12.6 Å². The molecule has 0 radical (unpaired) electrons. The van der Waals surface area contributed by atoms with Crippen molar-refractivity contribution in [2.24, 2.45) is 0 Å². The average molecular weight is 393 g/mol. The smallest absolute Gasteiger partial charge is 0.234 e. The monoisotopic (exact) mass is 392 g/mol. The fourth-order valence-electron chi connectivity index (χ4n) is 2.60. The number of Topliss-reactive ketones (excluding diaryl/α,β-unsaturated/α-hetero) is 1. The van der Waals surface area contributed by atoms with Crippen LogP contribution in [0.15, 0.2) is 48.5 Å². The minimum Gasteiger partial charge on any atom is -0.345 e. The molecule has 0 saturated heterocycles. The molecule has 6 heteroatoms. The van der Waals surface area contributed by atoms with Crippen LogP contribution in [0.25, 0.3) is 0 Å². The average Bonchev–Trinajstić information content (AvgIpc) is 2.60. The van der Waals surface area contributed by atoms with E-state index in [0.717, 1.165) is 11.1 Å². The molecule has 0 aromatic heterocycles. The highest BCUT2D eigenvalue weighted by Gasteiger charge is 2.18. The summed E-state index contributed by atoms with van der Waals surface area (Å²) >= 11 is 12.1. The second-order valence-electron chi connectivity index (χ2n) is 6.19. The highest BCUT2D eigenvalue weighted by atomic mass is 35.5. The summed E-state index contributed by atoms with van der Waals surface area (Å²) in [6, 6.07) is 14.2. The lowest BCUT2D eigenvalue weighted by Crippen LogP contribution is -2.45. The number of hydrogen-bond acceptors (Lipinski definition) is 3. The molecule has 0 saturated carbocycles. The zero-order chi connectivity index (χ0) is 19.1. The normalized spacial score (nSPS) is 13.1. The minimum absolute atomic E-state index is 0.0732. The SMILES string of the molecule is CC(=O)[C@@H](Cc1ccccc1)NC(=O)CN[C@H](C)c1ccc(Cl)cc1Cl. The number of benzene rings is 2. The van der Waals surface area contributed by atoms with E-state index in [2.05, 4.69) is 10.6 Å². The molecule has 0 bridgehead atoms. The van der Waals surface area contributed by atoms with Crippen molar-refractivity contribution in [3.05, 3.63) is 69.7 Å². The summed E-state index contributed by atoms with van der Waals surface area (Å²) in [6.07, 6.45) is 0.473. The molecule has 0 spiro atoms. The zero-order valence-corrected chi connectivity index (χ0v) is 16.3. The van der Waals surface area contributed by atoms with Crippen molar-refractivity contribution in [3.8, 4) is 0 Å². The molecule has 0 aliphatic rings. The van der Waals surface area contributed by atoms with Crippen LogP contribution in [-0.2, 0) is 16.0 Å². The fourth-order valence-corrected chi connectivity index (χ4v) is 3.17. The van der Waals surface area contributed by atoms with E-state index in [1.807, 2.05) is 43.3 Å². The Bertz CT molecular complexity index is 766. The lowest BCUT2D eigenvalue weighted by atomic mass is 10.0. The molecule has 4 nitrogen and oxygen atoms in total. The van der Waals surface area contributed by atoms with Crippen LogP contribution in [0.1, 0.15) is 31.0 Å². The van der Waals surface area contributed by atoms with Crippen molar-refractivity contribution in [1.29, 1.82) is 0 Å². The van der Waals surface area contributed by atoms with E-state index in [1.54, 1.807) is 12.1 Å². The number of carbonyl (C=O) groups is 2. The van der Waals surface area contributed by atoms with E-state index >= 15 is 0 Å². The maximum absolute atomic E-state index is 12.2. The third-order valence-corrected chi connectivity index (χ3v) is 4.67. The third kappa shape index (κ3) is 6.13. The van der Waals surface area contributed by atoms with Gasteiger partial charge in [0.25, 0.3) is 0 Å². The van der Waals surface area contributed by atoms with Gasteiger partial charge in [-0.05, 0) is 43.5 Å². The molecule has 138 valence electrons. The Morgan fingerprint density at radius 2 is 1.77 bits per heavy atom. The van der Waals surface area contributed by atoms with Gasteiger partial charge in [0, 0.05) is 16.1 Å². The Morgan fingerprint density at radius 1 is 1.08 bits per heavy atom. The van der Waals surface area contributed by atoms with Gasteiger partial charge in [-0.1, -0.05) is 59.6 Å². The van der Waals surface area contributed by atoms with Gasteiger partial charge < -0.3 is 10.6 Å². The van der Waals surface area contributed by atoms with Gasteiger partial charge in [-0.15, -0.1) is 0 Å². The standard InChI is InChI=1S/C20H22Cl2N2O2/c1-13(17-9-8-16(21)11-18(17)22)23-12-20(26)24-19(14(2)25)10-15-6-4-3-5-7-15/h3-9,11,13,19,23H,10,12H2,1-2H3,(H,24,26)/t13-,19-/m1/s1. The minimum atomic E-state index is -0.541. The summed E-state index contributed by atoms with van der Waals surface area (Å²) in [5.41, 5.74) is 1.86. The highest BCUT2D eigenvalue weighted by molar-refractivity contribution is 6.35. The topological polar surface area (TPSA) is 58.2 Å². The van der Waals surface area contributed by atoms with Crippen LogP contribution in [-0.4, -0.2) is 24.3 Å². The number of nitrogens with one attached hydrogen (secondary N) is 2. The maximum Gasteiger partial charge on any atom is 0.234 e. The molecule has 0 unspecified atom stereocenters. The number of ketones is 1. The molecule has 0 heterocycles. The van der Waals surface area contributed by atoms with E-state index in [1.165, 1.54) is 6.92 Å². The summed E-state index contributed by atoms with van der Waals surface area (Å²) < 4.78 is 0. The lowest BCUT2D eigenvalue weighted by Gasteiger charge is -2.19. The van der Waals surface area contributed by atoms with Crippen LogP contribution in [0.2, 0.25) is 10.0 Å². The van der Waals surface area contributed by atoms with Crippen LogP contribution >= 0.6 is 23.2 Å². The Morgan fingerprint density at radius 3 is 2.38 bits per heavy atom. The van der Waals surface area contributed by atoms with Gasteiger partial charge in [-0.25, -0.2) is 0 Å². The molecule has 1 amide bonds. The number of halogens is 2. The highest BCUT2D eigenvalue weighted by Crippen LogP contribution is 2.25. The molecule has 2 rings (SSSR count). The van der Waals surface area contributed by atoms with Crippen LogP contribution in [0.5, 0.6) is 0 Å². The molecule has 2 aromatic rings. The number of amides is 1. The molecular weight excluding hydrogens is 371 g/mol. The first-order chi connectivity index (χ1) is 12.4. The van der Waals surface area contributed by atoms with Gasteiger partial charge in [0.15, 0.2) is 5.78 Å².